The summed E-state index contributed by atoms with van der Waals surface area (Å²) < 4.78 is -0.612. The molecule has 2 aliphatic rings. The molecule has 2 saturated heterocycles. The Morgan fingerprint density at radius 3 is 2.54 bits per heavy atom. The van der Waals surface area contributed by atoms with E-state index in [4.69, 9.17) is 0 Å². The van der Waals surface area contributed by atoms with Crippen molar-refractivity contribution in [3.63, 3.8) is 0 Å². The van der Waals surface area contributed by atoms with E-state index in [1.807, 2.05) is 56.5 Å². The maximum atomic E-state index is 13.0. The van der Waals surface area contributed by atoms with Gasteiger partial charge >= 0.3 is 5.97 Å². The number of hydrogen-bond acceptors (Lipinski definition) is 5. The van der Waals surface area contributed by atoms with Crippen LogP contribution in [0.4, 0.5) is 0 Å². The topological polar surface area (TPSA) is 86.7 Å². The molecule has 2 N–H and O–H groups in total. The first-order valence-electron chi connectivity index (χ1n) is 8.89. The van der Waals surface area contributed by atoms with Crippen molar-refractivity contribution in [3.8, 4) is 10.4 Å². The summed E-state index contributed by atoms with van der Waals surface area (Å²) in [5.74, 6) is -1.65. The number of β-lactam (4-membered cyclic amide) rings is 1. The number of thiophene rings is 1. The molecule has 2 amide bonds. The number of carboxylic acid groups (broad SMARTS) is 1. The van der Waals surface area contributed by atoms with Crippen LogP contribution in [0.5, 0.6) is 0 Å². The van der Waals surface area contributed by atoms with Gasteiger partial charge in [0.1, 0.15) is 17.5 Å². The number of aliphatic carboxylic acids is 1. The van der Waals surface area contributed by atoms with Crippen LogP contribution in [-0.2, 0) is 9.59 Å². The number of fused-ring (bicyclic) bond motifs is 1. The van der Waals surface area contributed by atoms with E-state index in [1.165, 1.54) is 28.0 Å². The van der Waals surface area contributed by atoms with Crippen LogP contribution in [-0.4, -0.2) is 50.0 Å². The molecule has 4 rings (SSSR count). The summed E-state index contributed by atoms with van der Waals surface area (Å²) in [6.45, 7) is 5.51. The van der Waals surface area contributed by atoms with Gasteiger partial charge in [0.2, 0.25) is 5.91 Å². The fourth-order valence-corrected chi connectivity index (χ4v) is 6.57. The molecule has 28 heavy (non-hydrogen) atoms. The number of rotatable bonds is 4. The van der Waals surface area contributed by atoms with Crippen molar-refractivity contribution in [2.45, 2.75) is 43.0 Å². The molecule has 0 spiro atoms. The largest absolute Gasteiger partial charge is 0.480 e. The molecule has 2 aromatic rings. The smallest absolute Gasteiger partial charge is 0.327 e. The Morgan fingerprint density at radius 1 is 1.21 bits per heavy atom. The number of hydrogen-bond donors (Lipinski definition) is 2. The molecule has 146 valence electrons. The van der Waals surface area contributed by atoms with Gasteiger partial charge in [-0.3, -0.25) is 9.59 Å². The zero-order valence-electron chi connectivity index (χ0n) is 15.6. The van der Waals surface area contributed by atoms with Gasteiger partial charge in [-0.25, -0.2) is 4.79 Å². The number of carboxylic acids is 1. The highest BCUT2D eigenvalue weighted by atomic mass is 32.2. The summed E-state index contributed by atoms with van der Waals surface area (Å²) in [5, 5.41) is 13.9. The molecule has 0 unspecified atom stereocenters. The van der Waals surface area contributed by atoms with E-state index in [1.54, 1.807) is 0 Å². The van der Waals surface area contributed by atoms with E-state index < -0.39 is 22.8 Å². The van der Waals surface area contributed by atoms with Crippen LogP contribution in [0.15, 0.2) is 35.7 Å². The minimum Gasteiger partial charge on any atom is -0.480 e. The van der Waals surface area contributed by atoms with Crippen molar-refractivity contribution in [2.75, 3.05) is 0 Å². The minimum atomic E-state index is -1.02. The average Bonchev–Trinajstić information content (AvgIpc) is 3.15. The van der Waals surface area contributed by atoms with Gasteiger partial charge in [0, 0.05) is 9.62 Å². The molecule has 0 saturated carbocycles. The second-order valence-corrected chi connectivity index (χ2v) is 10.2. The van der Waals surface area contributed by atoms with Gasteiger partial charge in [0.15, 0.2) is 0 Å². The molecular weight excluding hydrogens is 396 g/mol. The van der Waals surface area contributed by atoms with Crippen LogP contribution in [0.2, 0.25) is 0 Å². The number of benzene rings is 1. The highest BCUT2D eigenvalue weighted by molar-refractivity contribution is 8.01. The van der Waals surface area contributed by atoms with E-state index in [0.29, 0.717) is 5.56 Å². The summed E-state index contributed by atoms with van der Waals surface area (Å²) in [6, 6.07) is 8.07. The number of carbonyl (C=O) groups is 3. The molecule has 1 aromatic carbocycles. The summed E-state index contributed by atoms with van der Waals surface area (Å²) >= 11 is 2.92. The second kappa shape index (κ2) is 6.63. The van der Waals surface area contributed by atoms with E-state index in [2.05, 4.69) is 5.32 Å². The molecule has 0 bridgehead atoms. The maximum absolute atomic E-state index is 13.0. The average molecular weight is 417 g/mol. The monoisotopic (exact) mass is 416 g/mol. The normalized spacial score (nSPS) is 25.2. The molecule has 0 radical (unpaired) electrons. The van der Waals surface area contributed by atoms with Gasteiger partial charge in [-0.15, -0.1) is 23.1 Å². The zero-order valence-corrected chi connectivity index (χ0v) is 17.3. The number of thioether (sulfide) groups is 1. The first-order chi connectivity index (χ1) is 13.2. The van der Waals surface area contributed by atoms with Gasteiger partial charge < -0.3 is 15.3 Å². The van der Waals surface area contributed by atoms with Crippen molar-refractivity contribution in [1.29, 1.82) is 0 Å². The fraction of sp³-hybridized carbons (Fsp3) is 0.350. The Kier molecular flexibility index (Phi) is 4.50. The number of amides is 2. The Hall–Kier alpha value is -2.32. The molecule has 0 aliphatic carbocycles. The number of aryl methyl sites for hydroxylation is 1. The highest BCUT2D eigenvalue weighted by Crippen LogP contribution is 2.50. The lowest BCUT2D eigenvalue weighted by Crippen LogP contribution is -2.70. The number of nitrogens with one attached hydrogen (secondary N) is 1. The van der Waals surface area contributed by atoms with Gasteiger partial charge in [0.25, 0.3) is 5.91 Å². The molecule has 3 heterocycles. The quantitative estimate of drug-likeness (QED) is 0.749. The van der Waals surface area contributed by atoms with Crippen molar-refractivity contribution in [2.24, 2.45) is 0 Å². The first kappa shape index (κ1) is 19.0. The molecular formula is C20H20N2O4S2. The lowest BCUT2D eigenvalue weighted by atomic mass is 9.95. The predicted octanol–water partition coefficient (Wildman–Crippen LogP) is 2.97. The Morgan fingerprint density at radius 2 is 1.89 bits per heavy atom. The highest BCUT2D eigenvalue weighted by Gasteiger charge is 2.64. The zero-order chi connectivity index (χ0) is 20.2. The van der Waals surface area contributed by atoms with Crippen LogP contribution in [0.25, 0.3) is 10.4 Å². The van der Waals surface area contributed by atoms with Gasteiger partial charge in [-0.2, -0.15) is 0 Å². The molecule has 3 atom stereocenters. The van der Waals surface area contributed by atoms with Crippen LogP contribution < -0.4 is 5.32 Å². The van der Waals surface area contributed by atoms with E-state index >= 15 is 0 Å². The van der Waals surface area contributed by atoms with Crippen molar-refractivity contribution < 1.29 is 19.5 Å². The van der Waals surface area contributed by atoms with Crippen molar-refractivity contribution in [3.05, 3.63) is 46.8 Å². The predicted molar refractivity (Wildman–Crippen MR) is 109 cm³/mol. The van der Waals surface area contributed by atoms with Crippen molar-refractivity contribution in [1.82, 2.24) is 10.2 Å². The standard InChI is InChI=1S/C20H20N2O4S2/c1-10-9-27-14(11-7-5-4-6-8-11)12(10)16(23)21-13-17(24)22-15(19(25)26)20(2,3)28-18(13)22/h4-9,13,15,18H,1-3H3,(H,21,23)(H,25,26)/t13-,15+,18-/m1/s1. The minimum absolute atomic E-state index is 0.298. The summed E-state index contributed by atoms with van der Waals surface area (Å²) in [7, 11) is 0. The maximum Gasteiger partial charge on any atom is 0.327 e. The van der Waals surface area contributed by atoms with Crippen LogP contribution >= 0.6 is 23.1 Å². The van der Waals surface area contributed by atoms with E-state index in [9.17, 15) is 19.5 Å². The Bertz CT molecular complexity index is 970. The molecule has 2 aliphatic heterocycles. The third kappa shape index (κ3) is 2.82. The van der Waals surface area contributed by atoms with Gasteiger partial charge in [-0.1, -0.05) is 30.3 Å². The lowest BCUT2D eigenvalue weighted by Gasteiger charge is -2.43. The summed E-state index contributed by atoms with van der Waals surface area (Å²) in [4.78, 5) is 39.5. The third-order valence-corrected chi connectivity index (χ3v) is 7.92. The van der Waals surface area contributed by atoms with Gasteiger partial charge in [0.05, 0.1) is 5.56 Å². The SMILES string of the molecule is Cc1csc(-c2ccccc2)c1C(=O)N[C@@H]1C(=O)N2[C@@H]1SC(C)(C)[C@@H]2C(=O)O. The third-order valence-electron chi connectivity index (χ3n) is 5.20. The first-order valence-corrected chi connectivity index (χ1v) is 10.7. The number of carbonyl (C=O) groups excluding carboxylic acids is 2. The van der Waals surface area contributed by atoms with Crippen LogP contribution in [0, 0.1) is 6.92 Å². The molecule has 8 heteroatoms. The van der Waals surface area contributed by atoms with Gasteiger partial charge in [-0.05, 0) is 37.3 Å². The molecule has 1 aromatic heterocycles. The van der Waals surface area contributed by atoms with Crippen LogP contribution in [0.3, 0.4) is 0 Å². The van der Waals surface area contributed by atoms with Crippen molar-refractivity contribution >= 4 is 40.9 Å². The Balaban J connectivity index is 1.58. The fourth-order valence-electron chi connectivity index (χ4n) is 3.89. The Labute approximate surface area is 170 Å². The molecule has 2 fully saturated rings. The second-order valence-electron chi connectivity index (χ2n) is 7.54. The summed E-state index contributed by atoms with van der Waals surface area (Å²) in [6.07, 6.45) is 0. The van der Waals surface area contributed by atoms with Crippen LogP contribution in [0.1, 0.15) is 29.8 Å². The van der Waals surface area contributed by atoms with E-state index in [-0.39, 0.29) is 17.2 Å². The van der Waals surface area contributed by atoms with E-state index in [0.717, 1.165) is 16.0 Å². The lowest BCUT2D eigenvalue weighted by molar-refractivity contribution is -0.159. The summed E-state index contributed by atoms with van der Waals surface area (Å²) in [5.41, 5.74) is 2.38. The molecule has 6 nitrogen and oxygen atoms in total. The number of nitrogens with zero attached hydrogens (tertiary/aromatic N) is 1.